The molecule has 0 aliphatic rings. The van der Waals surface area contributed by atoms with Crippen molar-refractivity contribution in [2.45, 2.75) is 39.3 Å². The molecule has 0 aromatic heterocycles. The fraction of sp³-hybridized carbons (Fsp3) is 0.462. The van der Waals surface area contributed by atoms with Gasteiger partial charge in [-0.25, -0.2) is 0 Å². The molecule has 0 bridgehead atoms. The lowest BCUT2D eigenvalue weighted by Gasteiger charge is -2.19. The van der Waals surface area contributed by atoms with E-state index in [1.54, 1.807) is 6.21 Å². The zero-order valence-corrected chi connectivity index (χ0v) is 14.2. The Morgan fingerprint density at radius 3 is 1.89 bits per heavy atom. The van der Waals surface area contributed by atoms with Crippen LogP contribution in [0.5, 0.6) is 5.75 Å². The highest BCUT2D eigenvalue weighted by Gasteiger charge is 2.16. The number of rotatable bonds is 5. The molecule has 0 spiro atoms. The van der Waals surface area contributed by atoms with Gasteiger partial charge in [0, 0.05) is 0 Å². The highest BCUT2D eigenvalue weighted by Crippen LogP contribution is 2.16. The predicted octanol–water partition coefficient (Wildman–Crippen LogP) is 4.09. The van der Waals surface area contributed by atoms with Crippen LogP contribution in [-0.2, 0) is 4.53 Å². The van der Waals surface area contributed by atoms with Gasteiger partial charge < -0.3 is 8.95 Å². The third-order valence-corrected chi connectivity index (χ3v) is 3.33. The van der Waals surface area contributed by atoms with E-state index in [9.17, 15) is 0 Å². The summed E-state index contributed by atoms with van der Waals surface area (Å²) in [5, 5.41) is 4.02. The van der Waals surface area contributed by atoms with Crippen LogP contribution in [0.25, 0.3) is 0 Å². The van der Waals surface area contributed by atoms with Crippen molar-refractivity contribution < 1.29 is 8.95 Å². The average molecular weight is 282 g/mol. The first-order chi connectivity index (χ1) is 8.16. The Kier molecular flexibility index (Phi) is 4.75. The fourth-order valence-corrected chi connectivity index (χ4v) is 2.43. The lowest BCUT2D eigenvalue weighted by Crippen LogP contribution is -2.29. The molecule has 0 amide bonds. The summed E-state index contributed by atoms with van der Waals surface area (Å²) in [6.45, 7) is 12.8. The van der Waals surface area contributed by atoms with Crippen LogP contribution in [0, 0.1) is 0 Å². The molecular weight excluding hydrogens is 258 g/mol. The molecule has 0 aliphatic carbocycles. The molecule has 0 aliphatic heterocycles. The number of nitrogens with zero attached hydrogens (tertiary/aromatic N) is 1. The van der Waals surface area contributed by atoms with Gasteiger partial charge in [-0.05, 0) is 69.1 Å². The lowest BCUT2D eigenvalue weighted by molar-refractivity contribution is 0.338. The van der Waals surface area contributed by atoms with Crippen molar-refractivity contribution in [3.8, 4) is 5.75 Å². The van der Waals surface area contributed by atoms with Crippen LogP contribution in [0.1, 0.15) is 5.56 Å². The maximum atomic E-state index is 5.89. The van der Waals surface area contributed by atoms with E-state index in [4.69, 9.17) is 8.95 Å². The molecule has 0 saturated heterocycles. The minimum absolute atomic E-state index is 0.928. The first kappa shape index (κ1) is 15.0. The average Bonchev–Trinajstić information content (AvgIpc) is 2.16. The highest BCUT2D eigenvalue weighted by atomic mass is 28.4. The molecule has 0 saturated carbocycles. The summed E-state index contributed by atoms with van der Waals surface area (Å²) in [4.78, 5) is 0. The lowest BCUT2D eigenvalue weighted by atomic mass is 10.2. The van der Waals surface area contributed by atoms with Crippen molar-refractivity contribution in [2.75, 3.05) is 0 Å². The molecule has 0 atom stereocenters. The van der Waals surface area contributed by atoms with Gasteiger partial charge in [-0.3, -0.25) is 0 Å². The predicted molar refractivity (Wildman–Crippen MR) is 82.4 cm³/mol. The largest absolute Gasteiger partial charge is 0.544 e. The zero-order valence-electron chi connectivity index (χ0n) is 12.2. The van der Waals surface area contributed by atoms with Gasteiger partial charge in [0.05, 0.1) is 6.21 Å². The third kappa shape index (κ3) is 6.61. The number of hydrogen-bond donors (Lipinski definition) is 0. The Hall–Kier alpha value is -1.08. The van der Waals surface area contributed by atoms with Crippen molar-refractivity contribution >= 4 is 22.8 Å². The Morgan fingerprint density at radius 2 is 1.44 bits per heavy atom. The van der Waals surface area contributed by atoms with Gasteiger partial charge in [0.1, 0.15) is 5.75 Å². The molecule has 0 N–H and O–H groups in total. The number of benzene rings is 1. The molecule has 18 heavy (non-hydrogen) atoms. The summed E-state index contributed by atoms with van der Waals surface area (Å²) in [6.07, 6.45) is 1.75. The SMILES string of the molecule is C[Si](C)(C)ON=Cc1ccc(O[Si](C)(C)C)cc1. The van der Waals surface area contributed by atoms with Gasteiger partial charge in [-0.15, -0.1) is 5.16 Å². The molecule has 0 fully saturated rings. The standard InChI is InChI=1S/C13H23NO2Si2/c1-17(2,3)15-13-9-7-12(8-10-13)11-14-16-18(4,5)6/h7-11H,1-6H3. The molecule has 1 rings (SSSR count). The van der Waals surface area contributed by atoms with Crippen molar-refractivity contribution in [1.82, 2.24) is 0 Å². The molecule has 1 aromatic rings. The first-order valence-electron chi connectivity index (χ1n) is 6.16. The minimum Gasteiger partial charge on any atom is -0.544 e. The molecular formula is C13H23NO2Si2. The van der Waals surface area contributed by atoms with Crippen molar-refractivity contribution in [2.24, 2.45) is 5.16 Å². The van der Waals surface area contributed by atoms with E-state index in [1.807, 2.05) is 24.3 Å². The van der Waals surface area contributed by atoms with E-state index in [1.165, 1.54) is 0 Å². The summed E-state index contributed by atoms with van der Waals surface area (Å²) in [7, 11) is -3.09. The summed E-state index contributed by atoms with van der Waals surface area (Å²) in [5.41, 5.74) is 1.02. The van der Waals surface area contributed by atoms with Gasteiger partial charge in [0.25, 0.3) is 8.32 Å². The molecule has 5 heteroatoms. The molecule has 100 valence electrons. The van der Waals surface area contributed by atoms with Crippen molar-refractivity contribution in [3.05, 3.63) is 29.8 Å². The van der Waals surface area contributed by atoms with Gasteiger partial charge >= 0.3 is 0 Å². The number of oxime groups is 1. The second-order valence-corrected chi connectivity index (χ2v) is 15.1. The molecule has 0 heterocycles. The maximum absolute atomic E-state index is 5.89. The quantitative estimate of drug-likeness (QED) is 0.462. The summed E-state index contributed by atoms with van der Waals surface area (Å²) in [6, 6.07) is 7.95. The van der Waals surface area contributed by atoms with E-state index in [0.29, 0.717) is 0 Å². The monoisotopic (exact) mass is 281 g/mol. The van der Waals surface area contributed by atoms with Crippen LogP contribution in [0.15, 0.2) is 29.4 Å². The maximum Gasteiger partial charge on any atom is 0.278 e. The highest BCUT2D eigenvalue weighted by molar-refractivity contribution is 6.70. The molecule has 3 nitrogen and oxygen atoms in total. The normalized spacial score (nSPS) is 12.8. The fourth-order valence-electron chi connectivity index (χ4n) is 1.22. The van der Waals surface area contributed by atoms with Crippen LogP contribution in [0.2, 0.25) is 39.3 Å². The van der Waals surface area contributed by atoms with E-state index in [2.05, 4.69) is 44.4 Å². The Bertz CT molecular complexity index is 402. The molecule has 0 radical (unpaired) electrons. The van der Waals surface area contributed by atoms with Gasteiger partial charge in [0.15, 0.2) is 0 Å². The van der Waals surface area contributed by atoms with E-state index in [-0.39, 0.29) is 0 Å². The summed E-state index contributed by atoms with van der Waals surface area (Å²) >= 11 is 0. The smallest absolute Gasteiger partial charge is 0.278 e. The van der Waals surface area contributed by atoms with Crippen LogP contribution < -0.4 is 4.43 Å². The van der Waals surface area contributed by atoms with E-state index < -0.39 is 16.6 Å². The number of hydrogen-bond acceptors (Lipinski definition) is 3. The molecule has 1 aromatic carbocycles. The van der Waals surface area contributed by atoms with Gasteiger partial charge in [-0.2, -0.15) is 0 Å². The van der Waals surface area contributed by atoms with Crippen LogP contribution in [-0.4, -0.2) is 22.8 Å². The van der Waals surface area contributed by atoms with Crippen LogP contribution >= 0.6 is 0 Å². The Morgan fingerprint density at radius 1 is 0.889 bits per heavy atom. The third-order valence-electron chi connectivity index (χ3n) is 1.83. The van der Waals surface area contributed by atoms with Crippen molar-refractivity contribution in [1.29, 1.82) is 0 Å². The Balaban J connectivity index is 2.61. The second kappa shape index (κ2) is 5.71. The first-order valence-corrected chi connectivity index (χ1v) is 13.0. The minimum atomic E-state index is -1.57. The van der Waals surface area contributed by atoms with Crippen molar-refractivity contribution in [3.63, 3.8) is 0 Å². The zero-order chi connectivity index (χ0) is 13.8. The topological polar surface area (TPSA) is 30.8 Å². The van der Waals surface area contributed by atoms with E-state index in [0.717, 1.165) is 11.3 Å². The molecule has 0 unspecified atom stereocenters. The van der Waals surface area contributed by atoms with E-state index >= 15 is 0 Å². The van der Waals surface area contributed by atoms with Gasteiger partial charge in [0.2, 0.25) is 8.32 Å². The van der Waals surface area contributed by atoms with Crippen LogP contribution in [0.3, 0.4) is 0 Å². The Labute approximate surface area is 112 Å². The summed E-state index contributed by atoms with van der Waals surface area (Å²) < 4.78 is 11.3. The second-order valence-electron chi connectivity index (χ2n) is 6.22. The summed E-state index contributed by atoms with van der Waals surface area (Å²) in [5.74, 6) is 0.928. The van der Waals surface area contributed by atoms with Gasteiger partial charge in [-0.1, -0.05) is 0 Å². The van der Waals surface area contributed by atoms with Crippen LogP contribution in [0.4, 0.5) is 0 Å².